The lowest BCUT2D eigenvalue weighted by molar-refractivity contribution is -0.328. The van der Waals surface area contributed by atoms with E-state index in [-0.39, 0.29) is 89.2 Å². The van der Waals surface area contributed by atoms with E-state index >= 15 is 4.79 Å². The molecule has 0 radical (unpaired) electrons. The van der Waals surface area contributed by atoms with Crippen molar-refractivity contribution in [2.24, 2.45) is 28.6 Å². The second-order valence-electron chi connectivity index (χ2n) is 29.2. The number of carbonyl (C=O) groups excluding carboxylic acids is 2. The van der Waals surface area contributed by atoms with Crippen LogP contribution in [0.15, 0.2) is 48.7 Å². The molecule has 5 saturated carbocycles. The number of aromatic hydroxyl groups is 1. The van der Waals surface area contributed by atoms with E-state index in [9.17, 15) is 35.4 Å². The molecule has 17 rings (SSSR count). The van der Waals surface area contributed by atoms with Crippen LogP contribution in [0.1, 0.15) is 198 Å². The molecule has 4 aromatic carbocycles. The fourth-order valence-electron chi connectivity index (χ4n) is 21.1. The number of aliphatic hydroxyl groups excluding tert-OH is 3. The number of nitrogens with zero attached hydrogens (tertiary/aromatic N) is 1. The first-order valence-electron chi connectivity index (χ1n) is 33.0. The minimum absolute atomic E-state index is 0.0182. The van der Waals surface area contributed by atoms with Gasteiger partial charge in [0.2, 0.25) is 6.29 Å². The Balaban J connectivity index is 0.856. The average Bonchev–Trinajstić information content (AvgIpc) is 1.35. The number of allylic oxidation sites excluding steroid dienone is 2. The number of Topliss-reactive ketones (excluding diaryl/α,β-unsaturated/α-hetero) is 1. The van der Waals surface area contributed by atoms with Crippen molar-refractivity contribution in [1.29, 1.82) is 0 Å². The maximum absolute atomic E-state index is 15.6. The highest BCUT2D eigenvalue weighted by Gasteiger charge is 2.68. The number of hydrogen-bond acceptors (Lipinski definition) is 13. The van der Waals surface area contributed by atoms with Gasteiger partial charge in [-0.1, -0.05) is 43.0 Å². The number of hydrogen-bond donors (Lipinski definition) is 7. The van der Waals surface area contributed by atoms with Crippen molar-refractivity contribution >= 4 is 45.0 Å². The minimum Gasteiger partial charge on any atom is -0.506 e. The van der Waals surface area contributed by atoms with Crippen LogP contribution in [0.4, 0.5) is 0 Å². The highest BCUT2D eigenvalue weighted by Crippen LogP contribution is 2.74. The van der Waals surface area contributed by atoms with E-state index in [2.05, 4.69) is 35.2 Å². The summed E-state index contributed by atoms with van der Waals surface area (Å²) in [6.45, 7) is -1.14. The summed E-state index contributed by atoms with van der Waals surface area (Å²) in [5.41, 5.74) is 7.31. The van der Waals surface area contributed by atoms with E-state index in [1.54, 1.807) is 24.1 Å². The van der Waals surface area contributed by atoms with Crippen molar-refractivity contribution in [2.45, 2.75) is 195 Å². The number of benzene rings is 4. The second kappa shape index (κ2) is 20.1. The number of carbonyl (C=O) groups is 2. The van der Waals surface area contributed by atoms with Crippen LogP contribution in [-0.2, 0) is 45.4 Å². The number of ether oxygens (including phenoxy) is 5. The fraction of sp³-hybridized carbons (Fsp3) is 0.562. The SMILES string of the molecule is COc1c2c3c4c(O)c(c5c6c4c1CCC6=CC1CCCC51)C(=O)CN1Cc4c(cccc4C1=O)CC#COC1C(O)C(COC(c4c[nH]c5cc6c(cc45)C4(CC6)CC5(O)CCCC5CC45CCC4(CCC(CCCO)C4)C5)C=C2)OC(O3)C1(O)CO. The summed E-state index contributed by atoms with van der Waals surface area (Å²) in [4.78, 5) is 35.2. The number of ketones is 1. The number of nitrogens with one attached hydrogen (secondary N) is 1. The van der Waals surface area contributed by atoms with Crippen LogP contribution in [-0.4, -0.2) is 121 Å². The molecule has 14 atom stereocenters. The number of fused-ring (bicyclic) bond motifs is 12. The number of H-pyrrole nitrogens is 1. The summed E-state index contributed by atoms with van der Waals surface area (Å²) in [6.07, 6.45) is 23.7. The third-order valence-electron chi connectivity index (χ3n) is 25.1. The summed E-state index contributed by atoms with van der Waals surface area (Å²) in [5.74, 6) is 3.53. The molecular formula is C73H80N2O13. The highest BCUT2D eigenvalue weighted by molar-refractivity contribution is 6.17. The summed E-state index contributed by atoms with van der Waals surface area (Å²) in [6, 6.07) is 10.2. The molecule has 3 spiro atoms. The Morgan fingerprint density at radius 2 is 1.81 bits per heavy atom. The topological polar surface area (TPSA) is 221 Å². The Hall–Kier alpha value is -6.22. The molecule has 6 fully saturated rings. The Labute approximate surface area is 512 Å². The standard InChI is InChI=1S/C73H80N2O13/c1-84-64-47-15-14-43-27-41-9-3-12-45(41)58-57(43)59(47)61-63(80)60(58)54(78)34-75-33-51-40(8-2-13-46(51)67(75)81)10-6-26-85-66-62(79)56-35-86-55(17-16-48(64)65(61)88-68(87-56)73(66,83)38-77)50-32-74-53-28-42-19-22-71(52(42)29-49(50)53)37-72(82)20-4-11-44(72)31-70(71)24-23-69(36-70)21-18-39(30-69)7-5-25-76/h2,8,13,16-17,27-29,32,39,41,44-45,55-56,62,66,68,74,76-77,79-80,82-83H,3-5,7,9-12,14-15,18-25,30-31,33-38H2,1H3. The smallest absolute Gasteiger partial charge is 0.254 e. The first-order valence-corrected chi connectivity index (χ1v) is 33.0. The number of methoxy groups -OCH3 is 1. The van der Waals surface area contributed by atoms with Crippen molar-refractivity contribution in [2.75, 3.05) is 33.5 Å². The van der Waals surface area contributed by atoms with Gasteiger partial charge in [0.15, 0.2) is 17.5 Å². The van der Waals surface area contributed by atoms with Crippen LogP contribution >= 0.6 is 0 Å². The van der Waals surface area contributed by atoms with Crippen LogP contribution in [0.5, 0.6) is 17.2 Å². The fourth-order valence-corrected chi connectivity index (χ4v) is 21.1. The molecule has 12 aliphatic rings. The lowest BCUT2D eigenvalue weighted by Crippen LogP contribution is -2.70. The van der Waals surface area contributed by atoms with Crippen LogP contribution in [0.3, 0.4) is 0 Å². The van der Waals surface area contributed by atoms with E-state index < -0.39 is 54.3 Å². The van der Waals surface area contributed by atoms with E-state index in [1.165, 1.54) is 43.2 Å². The largest absolute Gasteiger partial charge is 0.506 e. The van der Waals surface area contributed by atoms with Crippen LogP contribution < -0.4 is 9.47 Å². The van der Waals surface area contributed by atoms with Crippen LogP contribution in [0, 0.1) is 40.6 Å². The maximum Gasteiger partial charge on any atom is 0.254 e. The number of amides is 1. The van der Waals surface area contributed by atoms with Gasteiger partial charge in [-0.3, -0.25) is 9.59 Å². The molecule has 88 heavy (non-hydrogen) atoms. The van der Waals surface area contributed by atoms with Gasteiger partial charge in [0.1, 0.15) is 41.7 Å². The average molecular weight is 1190 g/mol. The molecule has 14 unspecified atom stereocenters. The van der Waals surface area contributed by atoms with Gasteiger partial charge >= 0.3 is 0 Å². The Morgan fingerprint density at radius 3 is 2.67 bits per heavy atom. The predicted octanol–water partition coefficient (Wildman–Crippen LogP) is 10.2. The first kappa shape index (κ1) is 55.8. The number of phenols is 1. The van der Waals surface area contributed by atoms with Gasteiger partial charge in [0.25, 0.3) is 5.91 Å². The molecule has 460 valence electrons. The van der Waals surface area contributed by atoms with Gasteiger partial charge < -0.3 is 64.2 Å². The predicted molar refractivity (Wildman–Crippen MR) is 328 cm³/mol. The lowest BCUT2D eigenvalue weighted by atomic mass is 9.47. The van der Waals surface area contributed by atoms with Crippen molar-refractivity contribution < 1.29 is 63.9 Å². The summed E-state index contributed by atoms with van der Waals surface area (Å²) < 4.78 is 33.8. The number of aliphatic hydroxyl groups is 5. The first-order chi connectivity index (χ1) is 42.7. The van der Waals surface area contributed by atoms with Crippen molar-refractivity contribution in [3.05, 3.63) is 110 Å². The molecule has 8 aliphatic carbocycles. The normalized spacial score (nSPS) is 36.5. The molecule has 1 saturated heterocycles. The lowest BCUT2D eigenvalue weighted by Gasteiger charge is -2.58. The summed E-state index contributed by atoms with van der Waals surface area (Å²) in [5, 5.41) is 75.1. The zero-order valence-electron chi connectivity index (χ0n) is 50.3. The Bertz CT molecular complexity index is 3950. The minimum atomic E-state index is -2.49. The van der Waals surface area contributed by atoms with Gasteiger partial charge in [-0.15, -0.1) is 0 Å². The molecule has 5 aromatic rings. The van der Waals surface area contributed by atoms with Gasteiger partial charge in [0.05, 0.1) is 49.0 Å². The van der Waals surface area contributed by atoms with Crippen molar-refractivity contribution in [3.8, 4) is 29.3 Å². The van der Waals surface area contributed by atoms with Gasteiger partial charge in [-0.05, 0) is 213 Å². The Kier molecular flexibility index (Phi) is 12.8. The molecular weight excluding hydrogens is 1110 g/mol. The number of phenolic OH excluding ortho intramolecular Hbond substituents is 1. The van der Waals surface area contributed by atoms with Gasteiger partial charge in [-0.25, -0.2) is 0 Å². The van der Waals surface area contributed by atoms with Crippen molar-refractivity contribution in [3.63, 3.8) is 0 Å². The zero-order valence-corrected chi connectivity index (χ0v) is 50.3. The van der Waals surface area contributed by atoms with Crippen molar-refractivity contribution in [1.82, 2.24) is 9.88 Å². The number of aryl methyl sites for hydroxylation is 2. The monoisotopic (exact) mass is 1190 g/mol. The number of aromatic nitrogens is 1. The van der Waals surface area contributed by atoms with E-state index in [4.69, 9.17) is 23.7 Å². The summed E-state index contributed by atoms with van der Waals surface area (Å²) >= 11 is 0. The molecule has 5 heterocycles. The molecule has 1 aromatic heterocycles. The Morgan fingerprint density at radius 1 is 0.909 bits per heavy atom. The van der Waals surface area contributed by atoms with E-state index in [0.717, 1.165) is 133 Å². The molecule has 15 nitrogen and oxygen atoms in total. The third kappa shape index (κ3) is 7.87. The van der Waals surface area contributed by atoms with Crippen LogP contribution in [0.25, 0.3) is 33.3 Å². The van der Waals surface area contributed by atoms with Crippen LogP contribution in [0.2, 0.25) is 0 Å². The number of rotatable bonds is 6. The van der Waals surface area contributed by atoms with E-state index in [0.29, 0.717) is 46.9 Å². The maximum atomic E-state index is 15.6. The third-order valence-corrected chi connectivity index (χ3v) is 25.1. The van der Waals surface area contributed by atoms with Gasteiger partial charge in [0, 0.05) is 64.2 Å². The molecule has 1 amide bonds. The van der Waals surface area contributed by atoms with E-state index in [1.807, 2.05) is 24.4 Å². The zero-order chi connectivity index (χ0) is 59.8. The molecule has 15 heteroatoms. The second-order valence-corrected chi connectivity index (χ2v) is 29.2. The van der Waals surface area contributed by atoms with Gasteiger partial charge in [-0.2, -0.15) is 0 Å². The highest BCUT2D eigenvalue weighted by atomic mass is 16.7. The molecule has 7 N–H and O–H groups in total. The summed E-state index contributed by atoms with van der Waals surface area (Å²) in [7, 11) is 1.61. The molecule has 4 aliphatic heterocycles. The quantitative estimate of drug-likeness (QED) is 0.0788. The molecule has 8 bridgehead atoms. The number of aromatic amines is 1.